The molecule has 3 aromatic rings. The number of hydrogen-bond donors (Lipinski definition) is 0. The summed E-state index contributed by atoms with van der Waals surface area (Å²) in [5, 5.41) is 0. The minimum Gasteiger partial charge on any atom is -0.490 e. The van der Waals surface area contributed by atoms with Gasteiger partial charge in [0.2, 0.25) is 5.90 Å². The maximum atomic E-state index is 13.2. The number of esters is 1. The number of benzene rings is 3. The summed E-state index contributed by atoms with van der Waals surface area (Å²) in [7, 11) is 0. The van der Waals surface area contributed by atoms with Gasteiger partial charge in [-0.2, -0.15) is 0 Å². The monoisotopic (exact) mass is 509 g/mol. The highest BCUT2D eigenvalue weighted by molar-refractivity contribution is 9.10. The molecule has 0 N–H and O–H groups in total. The molecule has 168 valence electrons. The third-order valence-corrected chi connectivity index (χ3v) is 5.40. The first kappa shape index (κ1) is 22.7. The van der Waals surface area contributed by atoms with Crippen molar-refractivity contribution < 1.29 is 23.4 Å². The van der Waals surface area contributed by atoms with Crippen LogP contribution in [0.4, 0.5) is 4.39 Å². The summed E-state index contributed by atoms with van der Waals surface area (Å²) in [6.07, 6.45) is 1.61. The van der Waals surface area contributed by atoms with Crippen LogP contribution in [-0.4, -0.2) is 18.5 Å². The van der Waals surface area contributed by atoms with E-state index in [2.05, 4.69) is 27.0 Å². The van der Waals surface area contributed by atoms with Crippen LogP contribution in [0.1, 0.15) is 29.2 Å². The minimum atomic E-state index is -0.580. The lowest BCUT2D eigenvalue weighted by atomic mass is 10.1. The van der Waals surface area contributed by atoms with Crippen molar-refractivity contribution in [3.8, 4) is 11.5 Å². The first-order valence-corrected chi connectivity index (χ1v) is 11.2. The van der Waals surface area contributed by atoms with Gasteiger partial charge in [0.25, 0.3) is 0 Å². The van der Waals surface area contributed by atoms with E-state index in [9.17, 15) is 9.18 Å². The molecule has 0 radical (unpaired) electrons. The molecular formula is C26H21BrFNO4. The van der Waals surface area contributed by atoms with E-state index < -0.39 is 5.97 Å². The molecule has 0 saturated carbocycles. The van der Waals surface area contributed by atoms with Gasteiger partial charge in [-0.05, 0) is 83.4 Å². The molecule has 1 aliphatic heterocycles. The minimum absolute atomic E-state index is 0.133. The van der Waals surface area contributed by atoms with Crippen molar-refractivity contribution >= 4 is 33.9 Å². The molecule has 0 amide bonds. The van der Waals surface area contributed by atoms with Gasteiger partial charge < -0.3 is 14.2 Å². The maximum absolute atomic E-state index is 13.2. The summed E-state index contributed by atoms with van der Waals surface area (Å²) in [6.45, 7) is 4.75. The molecule has 4 rings (SSSR count). The molecule has 0 spiro atoms. The highest BCUT2D eigenvalue weighted by Gasteiger charge is 2.24. The predicted octanol–water partition coefficient (Wildman–Crippen LogP) is 6.22. The van der Waals surface area contributed by atoms with Gasteiger partial charge >= 0.3 is 5.97 Å². The molecule has 1 aliphatic rings. The van der Waals surface area contributed by atoms with Crippen molar-refractivity contribution in [2.45, 2.75) is 20.5 Å². The average Bonchev–Trinajstić information content (AvgIpc) is 3.14. The molecule has 0 aliphatic carbocycles. The van der Waals surface area contributed by atoms with Crippen molar-refractivity contribution in [2.75, 3.05) is 6.61 Å². The number of halogens is 2. The van der Waals surface area contributed by atoms with Crippen LogP contribution < -0.4 is 9.47 Å². The Balaban J connectivity index is 1.61. The normalized spacial score (nSPS) is 14.2. The van der Waals surface area contributed by atoms with Crippen LogP contribution in [0.2, 0.25) is 0 Å². The molecule has 7 heteroatoms. The Morgan fingerprint density at radius 3 is 2.61 bits per heavy atom. The lowest BCUT2D eigenvalue weighted by molar-refractivity contribution is -0.129. The molecule has 0 atom stereocenters. The van der Waals surface area contributed by atoms with Crippen molar-refractivity contribution in [1.29, 1.82) is 0 Å². The molecule has 0 aromatic heterocycles. The van der Waals surface area contributed by atoms with Gasteiger partial charge in [0.05, 0.1) is 11.1 Å². The Bertz CT molecular complexity index is 1250. The van der Waals surface area contributed by atoms with Gasteiger partial charge in [0.15, 0.2) is 17.2 Å². The van der Waals surface area contributed by atoms with Crippen molar-refractivity contribution in [3.05, 3.63) is 98.9 Å². The zero-order chi connectivity index (χ0) is 23.4. The second kappa shape index (κ2) is 10.0. The fraction of sp³-hybridized carbons (Fsp3) is 0.154. The second-order valence-corrected chi connectivity index (χ2v) is 8.24. The number of aryl methyl sites for hydroxylation is 1. The summed E-state index contributed by atoms with van der Waals surface area (Å²) >= 11 is 3.55. The zero-order valence-electron chi connectivity index (χ0n) is 18.1. The van der Waals surface area contributed by atoms with E-state index >= 15 is 0 Å². The number of hydrogen-bond acceptors (Lipinski definition) is 5. The van der Waals surface area contributed by atoms with E-state index in [1.165, 1.54) is 24.3 Å². The standard InChI is InChI=1S/C26H21BrFNO4/c1-3-31-23-14-18(12-21(27)24(23)32-15-17-6-4-5-16(2)11-17)13-22-26(30)33-25(29-22)19-7-9-20(28)10-8-19/h4-14H,3,15H2,1-2H3/b22-13-. The SMILES string of the molecule is CCOc1cc(/C=C2\N=C(c3ccc(F)cc3)OC2=O)cc(Br)c1OCc1cccc(C)c1. The average molecular weight is 510 g/mol. The van der Waals surface area contributed by atoms with Gasteiger partial charge in [-0.25, -0.2) is 14.2 Å². The van der Waals surface area contributed by atoms with Crippen LogP contribution in [0.15, 0.2) is 75.8 Å². The number of aliphatic imine (C=N–C) groups is 1. The van der Waals surface area contributed by atoms with E-state index in [0.29, 0.717) is 40.3 Å². The van der Waals surface area contributed by atoms with Crippen molar-refractivity contribution in [3.63, 3.8) is 0 Å². The lowest BCUT2D eigenvalue weighted by Gasteiger charge is -2.15. The van der Waals surface area contributed by atoms with Gasteiger partial charge in [-0.1, -0.05) is 29.8 Å². The van der Waals surface area contributed by atoms with Crippen LogP contribution in [0, 0.1) is 12.7 Å². The first-order valence-electron chi connectivity index (χ1n) is 10.4. The lowest BCUT2D eigenvalue weighted by Crippen LogP contribution is -2.05. The summed E-state index contributed by atoms with van der Waals surface area (Å²) in [4.78, 5) is 16.6. The second-order valence-electron chi connectivity index (χ2n) is 7.38. The quantitative estimate of drug-likeness (QED) is 0.280. The van der Waals surface area contributed by atoms with E-state index in [4.69, 9.17) is 14.2 Å². The van der Waals surface area contributed by atoms with Crippen LogP contribution in [0.25, 0.3) is 6.08 Å². The smallest absolute Gasteiger partial charge is 0.363 e. The molecule has 0 unspecified atom stereocenters. The Kier molecular flexibility index (Phi) is 6.89. The summed E-state index contributed by atoms with van der Waals surface area (Å²) in [5.74, 6) is 0.291. The van der Waals surface area contributed by atoms with E-state index in [1.54, 1.807) is 12.1 Å². The zero-order valence-corrected chi connectivity index (χ0v) is 19.7. The number of carbonyl (C=O) groups excluding carboxylic acids is 1. The fourth-order valence-corrected chi connectivity index (χ4v) is 3.89. The first-order chi connectivity index (χ1) is 15.9. The summed E-state index contributed by atoms with van der Waals surface area (Å²) in [5.41, 5.74) is 3.55. The van der Waals surface area contributed by atoms with Crippen molar-refractivity contribution in [1.82, 2.24) is 0 Å². The molecule has 1 heterocycles. The molecule has 0 saturated heterocycles. The highest BCUT2D eigenvalue weighted by atomic mass is 79.9. The highest BCUT2D eigenvalue weighted by Crippen LogP contribution is 2.38. The molecule has 5 nitrogen and oxygen atoms in total. The topological polar surface area (TPSA) is 57.1 Å². The van der Waals surface area contributed by atoms with Gasteiger partial charge in [0.1, 0.15) is 12.4 Å². The Morgan fingerprint density at radius 1 is 1.09 bits per heavy atom. The van der Waals surface area contributed by atoms with Crippen LogP contribution >= 0.6 is 15.9 Å². The van der Waals surface area contributed by atoms with Gasteiger partial charge in [0, 0.05) is 5.56 Å². The third kappa shape index (κ3) is 5.49. The Labute approximate surface area is 199 Å². The van der Waals surface area contributed by atoms with E-state index in [-0.39, 0.29) is 17.4 Å². The van der Waals surface area contributed by atoms with Crippen molar-refractivity contribution in [2.24, 2.45) is 4.99 Å². The van der Waals surface area contributed by atoms with E-state index in [0.717, 1.165) is 11.1 Å². The number of rotatable bonds is 7. The third-order valence-electron chi connectivity index (χ3n) is 4.81. The molecule has 3 aromatic carbocycles. The Hall–Kier alpha value is -3.45. The Morgan fingerprint density at radius 2 is 1.88 bits per heavy atom. The van der Waals surface area contributed by atoms with Gasteiger partial charge in [-0.15, -0.1) is 0 Å². The molecule has 0 bridgehead atoms. The molecule has 33 heavy (non-hydrogen) atoms. The number of carbonyl (C=O) groups is 1. The van der Waals surface area contributed by atoms with Crippen LogP contribution in [-0.2, 0) is 16.1 Å². The maximum Gasteiger partial charge on any atom is 0.363 e. The fourth-order valence-electron chi connectivity index (χ4n) is 3.31. The number of nitrogens with zero attached hydrogens (tertiary/aromatic N) is 1. The van der Waals surface area contributed by atoms with Crippen LogP contribution in [0.3, 0.4) is 0 Å². The molecule has 0 fully saturated rings. The number of cyclic esters (lactones) is 1. The van der Waals surface area contributed by atoms with Crippen LogP contribution in [0.5, 0.6) is 11.5 Å². The largest absolute Gasteiger partial charge is 0.490 e. The molecular weight excluding hydrogens is 489 g/mol. The van der Waals surface area contributed by atoms with E-state index in [1.807, 2.05) is 38.1 Å². The predicted molar refractivity (Wildman–Crippen MR) is 128 cm³/mol. The summed E-state index contributed by atoms with van der Waals surface area (Å²) in [6, 6.07) is 17.3. The van der Waals surface area contributed by atoms with Gasteiger partial charge in [-0.3, -0.25) is 0 Å². The summed E-state index contributed by atoms with van der Waals surface area (Å²) < 4.78 is 30.9. The number of ether oxygens (including phenoxy) is 3.